The Kier molecular flexibility index (Phi) is 5.28. The molecule has 0 radical (unpaired) electrons. The highest BCUT2D eigenvalue weighted by molar-refractivity contribution is 7.45. The maximum atomic E-state index is 6.31. The van der Waals surface area contributed by atoms with Crippen LogP contribution < -0.4 is 0 Å². The summed E-state index contributed by atoms with van der Waals surface area (Å²) in [7, 11) is -1.38. The van der Waals surface area contributed by atoms with Gasteiger partial charge in [-0.15, -0.1) is 22.2 Å². The smallest absolute Gasteiger partial charge is 0.309 e. The van der Waals surface area contributed by atoms with Gasteiger partial charge in [-0.2, -0.15) is 11.1 Å². The van der Waals surface area contributed by atoms with E-state index in [0.717, 1.165) is 0 Å². The lowest BCUT2D eigenvalue weighted by atomic mass is 9.96. The number of hydrogen-bond donors (Lipinski definition) is 0. The second kappa shape index (κ2) is 5.55. The monoisotopic (exact) mass is 289 g/mol. The quantitative estimate of drug-likeness (QED) is 0.565. The van der Waals surface area contributed by atoms with Crippen LogP contribution in [0, 0.1) is 0 Å². The van der Waals surface area contributed by atoms with Crippen molar-refractivity contribution in [1.82, 2.24) is 4.23 Å². The summed E-state index contributed by atoms with van der Waals surface area (Å²) in [6, 6.07) is 0.564. The lowest BCUT2D eigenvalue weighted by molar-refractivity contribution is 0.338. The predicted octanol–water partition coefficient (Wildman–Crippen LogP) is 3.76. The Labute approximate surface area is 104 Å². The zero-order valence-electron chi connectivity index (χ0n) is 8.77. The fourth-order valence-corrected chi connectivity index (χ4v) is 13.2. The molecule has 0 aliphatic heterocycles. The Morgan fingerprint density at radius 2 is 1.71 bits per heavy atom. The molecule has 0 N–H and O–H groups in total. The summed E-state index contributed by atoms with van der Waals surface area (Å²) in [6.07, 6.45) is 6.42. The van der Waals surface area contributed by atoms with Gasteiger partial charge >= 0.3 is 6.86 Å². The van der Waals surface area contributed by atoms with Crippen LogP contribution in [0.3, 0.4) is 0 Å². The summed E-state index contributed by atoms with van der Waals surface area (Å²) in [5, 5.41) is 0. The molecule has 0 amide bonds. The van der Waals surface area contributed by atoms with Crippen molar-refractivity contribution in [2.24, 2.45) is 0 Å². The van der Waals surface area contributed by atoms with E-state index >= 15 is 0 Å². The Bertz CT molecular complexity index is 178. The van der Waals surface area contributed by atoms with E-state index in [1.165, 1.54) is 32.1 Å². The Hall–Kier alpha value is 1.26. The van der Waals surface area contributed by atoms with Gasteiger partial charge < -0.3 is 4.23 Å². The summed E-state index contributed by atoms with van der Waals surface area (Å²) in [5.74, 6) is 0. The highest BCUT2D eigenvalue weighted by atomic mass is 35.7. The average molecular weight is 291 g/mol. The van der Waals surface area contributed by atoms with Crippen LogP contribution >= 0.6 is 33.2 Å². The fraction of sp³-hybridized carbons (Fsp3) is 1.00. The van der Waals surface area contributed by atoms with E-state index in [-0.39, 0.29) is 0 Å². The predicted molar refractivity (Wildman–Crippen MR) is 70.9 cm³/mol. The minimum Gasteiger partial charge on any atom is -0.309 e. The fourth-order valence-electron chi connectivity index (χ4n) is 2.28. The van der Waals surface area contributed by atoms with E-state index in [9.17, 15) is 0 Å². The van der Waals surface area contributed by atoms with E-state index in [2.05, 4.69) is 10.8 Å². The molecule has 1 nitrogen and oxygen atoms in total. The molecule has 0 heterocycles. The molecule has 14 heavy (non-hydrogen) atoms. The van der Waals surface area contributed by atoms with Crippen molar-refractivity contribution in [3.8, 4) is 0 Å². The van der Waals surface area contributed by atoms with Crippen LogP contribution in [0.15, 0.2) is 0 Å². The van der Waals surface area contributed by atoms with Crippen LogP contribution in [0.5, 0.6) is 0 Å². The highest BCUT2D eigenvalue weighted by Crippen LogP contribution is 2.32. The molecule has 0 spiro atoms. The molecule has 0 bridgehead atoms. The SMILES string of the molecule is C[SiH](Cl)N(C1CCCCC1)[Si](C)(Cl)Cl. The minimum absolute atomic E-state index is 0.564. The molecule has 1 aliphatic rings. The van der Waals surface area contributed by atoms with E-state index in [1.54, 1.807) is 0 Å². The Morgan fingerprint density at radius 3 is 2.07 bits per heavy atom. The van der Waals surface area contributed by atoms with E-state index in [4.69, 9.17) is 33.2 Å². The summed E-state index contributed by atoms with van der Waals surface area (Å²) in [4.78, 5) is 0. The molecule has 6 heteroatoms. The van der Waals surface area contributed by atoms with Gasteiger partial charge in [0.1, 0.15) is 0 Å². The third-order valence-corrected chi connectivity index (χ3v) is 11.3. The third kappa shape index (κ3) is 3.69. The molecule has 0 aromatic rings. The van der Waals surface area contributed by atoms with E-state index in [0.29, 0.717) is 6.04 Å². The summed E-state index contributed by atoms with van der Waals surface area (Å²) in [5.41, 5.74) is 0. The van der Waals surface area contributed by atoms with Crippen LogP contribution in [0.1, 0.15) is 32.1 Å². The largest absolute Gasteiger partial charge is 0.316 e. The van der Waals surface area contributed by atoms with Gasteiger partial charge in [0, 0.05) is 0 Å². The van der Waals surface area contributed by atoms with Gasteiger partial charge in [-0.05, 0) is 32.0 Å². The molecular weight excluding hydrogens is 273 g/mol. The molecule has 0 aromatic heterocycles. The van der Waals surface area contributed by atoms with Crippen LogP contribution in [0.4, 0.5) is 0 Å². The van der Waals surface area contributed by atoms with Gasteiger partial charge in [-0.25, -0.2) is 0 Å². The number of nitrogens with zero attached hydrogens (tertiary/aromatic N) is 1. The zero-order valence-corrected chi connectivity index (χ0v) is 13.2. The number of hydrogen-bond acceptors (Lipinski definition) is 1. The lowest BCUT2D eigenvalue weighted by Crippen LogP contribution is -2.54. The topological polar surface area (TPSA) is 3.24 Å². The van der Waals surface area contributed by atoms with E-state index in [1.807, 2.05) is 6.55 Å². The van der Waals surface area contributed by atoms with Crippen LogP contribution in [0.25, 0.3) is 0 Å². The first-order chi connectivity index (χ1) is 6.43. The third-order valence-electron chi connectivity index (χ3n) is 2.80. The van der Waals surface area contributed by atoms with Gasteiger partial charge in [0.2, 0.25) is 8.27 Å². The van der Waals surface area contributed by atoms with Crippen molar-refractivity contribution in [1.29, 1.82) is 0 Å². The standard InChI is InChI=1S/C8H18Cl3NSi2/c1-13(9)12(14(2,10)11)8-6-4-3-5-7-8/h8,13H,3-7H2,1-2H3. The molecule has 1 aliphatic carbocycles. The molecule has 0 aromatic carbocycles. The van der Waals surface area contributed by atoms with Gasteiger partial charge in [-0.3, -0.25) is 0 Å². The van der Waals surface area contributed by atoms with Crippen molar-refractivity contribution >= 4 is 48.4 Å². The second-order valence-corrected chi connectivity index (χ2v) is 15.4. The van der Waals surface area contributed by atoms with Crippen LogP contribution in [-0.2, 0) is 0 Å². The van der Waals surface area contributed by atoms with Gasteiger partial charge in [0.25, 0.3) is 0 Å². The average Bonchev–Trinajstić information content (AvgIpc) is 2.02. The number of rotatable bonds is 3. The second-order valence-electron chi connectivity index (χ2n) is 4.12. The van der Waals surface area contributed by atoms with Crippen molar-refractivity contribution in [2.75, 3.05) is 0 Å². The molecule has 1 saturated carbocycles. The van der Waals surface area contributed by atoms with Crippen molar-refractivity contribution in [3.63, 3.8) is 0 Å². The molecule has 84 valence electrons. The normalized spacial score (nSPS) is 22.7. The molecule has 1 fully saturated rings. The van der Waals surface area contributed by atoms with E-state index < -0.39 is 15.1 Å². The van der Waals surface area contributed by atoms with Crippen LogP contribution in [-0.4, -0.2) is 25.4 Å². The maximum absolute atomic E-state index is 6.31. The van der Waals surface area contributed by atoms with Gasteiger partial charge in [0.05, 0.1) is 0 Å². The lowest BCUT2D eigenvalue weighted by Gasteiger charge is -2.40. The highest BCUT2D eigenvalue weighted by Gasteiger charge is 2.39. The number of halogens is 3. The minimum atomic E-state index is -2.23. The van der Waals surface area contributed by atoms with Crippen LogP contribution in [0.2, 0.25) is 13.1 Å². The first-order valence-electron chi connectivity index (χ1n) is 5.23. The molecule has 0 saturated heterocycles. The Morgan fingerprint density at radius 1 is 1.21 bits per heavy atom. The van der Waals surface area contributed by atoms with Gasteiger partial charge in [-0.1, -0.05) is 19.3 Å². The Balaban J connectivity index is 2.66. The molecule has 1 rings (SSSR count). The van der Waals surface area contributed by atoms with Crippen molar-refractivity contribution in [3.05, 3.63) is 0 Å². The molecule has 1 atom stereocenters. The molecular formula is C8H18Cl3NSi2. The van der Waals surface area contributed by atoms with Crippen molar-refractivity contribution < 1.29 is 0 Å². The first kappa shape index (κ1) is 13.3. The van der Waals surface area contributed by atoms with Crippen molar-refractivity contribution in [2.45, 2.75) is 51.2 Å². The first-order valence-corrected chi connectivity index (χ1v) is 13.1. The zero-order chi connectivity index (χ0) is 10.8. The molecule has 1 unspecified atom stereocenters. The summed E-state index contributed by atoms with van der Waals surface area (Å²) in [6.45, 7) is 1.84. The van der Waals surface area contributed by atoms with Gasteiger partial charge in [0.15, 0.2) is 0 Å². The maximum Gasteiger partial charge on any atom is 0.316 e. The summed E-state index contributed by atoms with van der Waals surface area (Å²) >= 11 is 18.9. The summed E-state index contributed by atoms with van der Waals surface area (Å²) < 4.78 is 2.29.